The molecule has 2 rings (SSSR count). The number of phenols is 1. The van der Waals surface area contributed by atoms with Crippen LogP contribution in [0.25, 0.3) is 0 Å². The molecule has 0 saturated carbocycles. The summed E-state index contributed by atoms with van der Waals surface area (Å²) in [6.45, 7) is 9.55. The van der Waals surface area contributed by atoms with Crippen LogP contribution in [0.4, 0.5) is 4.79 Å². The first-order chi connectivity index (χ1) is 11.7. The number of ether oxygens (including phenoxy) is 1. The molecular weight excluding hydrogens is 316 g/mol. The number of likely N-dealkylation sites (tertiary alicyclic amines) is 1. The van der Waals surface area contributed by atoms with Gasteiger partial charge in [0.25, 0.3) is 0 Å². The van der Waals surface area contributed by atoms with E-state index in [2.05, 4.69) is 12.2 Å². The van der Waals surface area contributed by atoms with Gasteiger partial charge in [0.15, 0.2) is 0 Å². The van der Waals surface area contributed by atoms with E-state index in [1.807, 2.05) is 37.8 Å². The molecule has 140 valence electrons. The Hall–Kier alpha value is -1.75. The Labute approximate surface area is 151 Å². The van der Waals surface area contributed by atoms with Gasteiger partial charge in [-0.25, -0.2) is 4.79 Å². The average Bonchev–Trinajstić information content (AvgIpc) is 2.96. The largest absolute Gasteiger partial charge is 0.508 e. The molecule has 1 fully saturated rings. The quantitative estimate of drug-likeness (QED) is 0.823. The molecule has 2 N–H and O–H groups in total. The lowest BCUT2D eigenvalue weighted by Gasteiger charge is -2.29. The van der Waals surface area contributed by atoms with Gasteiger partial charge < -0.3 is 20.1 Å². The van der Waals surface area contributed by atoms with Crippen molar-refractivity contribution < 1.29 is 14.6 Å². The molecule has 0 radical (unpaired) electrons. The van der Waals surface area contributed by atoms with Crippen LogP contribution in [0.5, 0.6) is 5.75 Å². The van der Waals surface area contributed by atoms with E-state index in [1.165, 1.54) is 5.56 Å². The first-order valence-electron chi connectivity index (χ1n) is 9.25. The van der Waals surface area contributed by atoms with Crippen molar-refractivity contribution in [3.05, 3.63) is 29.8 Å². The van der Waals surface area contributed by atoms with Gasteiger partial charge >= 0.3 is 6.09 Å². The Kier molecular flexibility index (Phi) is 6.71. The van der Waals surface area contributed by atoms with E-state index in [4.69, 9.17) is 4.74 Å². The molecule has 25 heavy (non-hydrogen) atoms. The Morgan fingerprint density at radius 1 is 1.36 bits per heavy atom. The lowest BCUT2D eigenvalue weighted by Crippen LogP contribution is -2.41. The van der Waals surface area contributed by atoms with Crippen molar-refractivity contribution in [3.8, 4) is 5.75 Å². The number of carbonyl (C=O) groups is 1. The van der Waals surface area contributed by atoms with Crippen molar-refractivity contribution in [1.82, 2.24) is 10.2 Å². The zero-order valence-corrected chi connectivity index (χ0v) is 15.9. The number of phenolic OH excluding ortho intramolecular Hbond substituents is 1. The predicted molar refractivity (Wildman–Crippen MR) is 99.9 cm³/mol. The lowest BCUT2D eigenvalue weighted by atomic mass is 10.1. The van der Waals surface area contributed by atoms with Crippen molar-refractivity contribution in [2.45, 2.75) is 71.1 Å². The zero-order valence-electron chi connectivity index (χ0n) is 15.9. The minimum absolute atomic E-state index is 0.188. The van der Waals surface area contributed by atoms with Gasteiger partial charge in [0.1, 0.15) is 11.4 Å². The number of carbonyl (C=O) groups excluding carboxylic acids is 1. The fourth-order valence-electron chi connectivity index (χ4n) is 3.25. The maximum atomic E-state index is 12.3. The molecule has 0 spiro atoms. The van der Waals surface area contributed by atoms with E-state index < -0.39 is 5.60 Å². The summed E-state index contributed by atoms with van der Waals surface area (Å²) in [5.74, 6) is 0.299. The Morgan fingerprint density at radius 2 is 2.04 bits per heavy atom. The Bertz CT molecular complexity index is 551. The maximum absolute atomic E-state index is 12.3. The number of benzene rings is 1. The number of aromatic hydroxyl groups is 1. The summed E-state index contributed by atoms with van der Waals surface area (Å²) in [7, 11) is 0. The lowest BCUT2D eigenvalue weighted by molar-refractivity contribution is 0.0220. The molecule has 1 heterocycles. The van der Waals surface area contributed by atoms with Crippen LogP contribution >= 0.6 is 0 Å². The minimum atomic E-state index is -0.443. The van der Waals surface area contributed by atoms with E-state index in [0.29, 0.717) is 11.8 Å². The van der Waals surface area contributed by atoms with Crippen LogP contribution < -0.4 is 5.32 Å². The van der Waals surface area contributed by atoms with Gasteiger partial charge in [-0.15, -0.1) is 0 Å². The highest BCUT2D eigenvalue weighted by Crippen LogP contribution is 2.22. The maximum Gasteiger partial charge on any atom is 0.410 e. The summed E-state index contributed by atoms with van der Waals surface area (Å²) >= 11 is 0. The number of nitrogens with one attached hydrogen (secondary N) is 1. The number of hydrogen-bond acceptors (Lipinski definition) is 4. The second kappa shape index (κ2) is 8.56. The van der Waals surface area contributed by atoms with Gasteiger partial charge in [-0.3, -0.25) is 0 Å². The molecule has 5 heteroatoms. The fourth-order valence-corrected chi connectivity index (χ4v) is 3.25. The second-order valence-electron chi connectivity index (χ2n) is 7.98. The Morgan fingerprint density at radius 3 is 2.68 bits per heavy atom. The molecular formula is C20H32N2O3. The van der Waals surface area contributed by atoms with Crippen molar-refractivity contribution in [2.24, 2.45) is 0 Å². The summed E-state index contributed by atoms with van der Waals surface area (Å²) in [4.78, 5) is 14.2. The molecule has 1 saturated heterocycles. The highest BCUT2D eigenvalue weighted by molar-refractivity contribution is 5.68. The van der Waals surface area contributed by atoms with Crippen LogP contribution in [0, 0.1) is 0 Å². The number of amides is 1. The van der Waals surface area contributed by atoms with Crippen molar-refractivity contribution in [1.29, 1.82) is 0 Å². The van der Waals surface area contributed by atoms with E-state index in [-0.39, 0.29) is 12.1 Å². The van der Waals surface area contributed by atoms with Crippen LogP contribution in [0.1, 0.15) is 52.5 Å². The third-order valence-electron chi connectivity index (χ3n) is 4.45. The topological polar surface area (TPSA) is 61.8 Å². The van der Waals surface area contributed by atoms with Gasteiger partial charge in [0.2, 0.25) is 0 Å². The molecule has 1 aliphatic rings. The van der Waals surface area contributed by atoms with E-state index >= 15 is 0 Å². The predicted octanol–water partition coefficient (Wildman–Crippen LogP) is 3.70. The van der Waals surface area contributed by atoms with Crippen molar-refractivity contribution in [3.63, 3.8) is 0 Å². The molecule has 0 aromatic heterocycles. The Balaban J connectivity index is 1.74. The first kappa shape index (κ1) is 19.6. The number of hydrogen-bond donors (Lipinski definition) is 2. The molecule has 1 amide bonds. The summed E-state index contributed by atoms with van der Waals surface area (Å²) < 4.78 is 5.51. The number of rotatable bonds is 6. The zero-order chi connectivity index (χ0) is 18.4. The van der Waals surface area contributed by atoms with Crippen LogP contribution in [-0.2, 0) is 11.2 Å². The molecule has 2 atom stereocenters. The summed E-state index contributed by atoms with van der Waals surface area (Å²) in [6, 6.07) is 7.96. The summed E-state index contributed by atoms with van der Waals surface area (Å²) in [5.41, 5.74) is 0.759. The standard InChI is InChI=1S/C20H32N2O3/c1-15(14-16-7-9-18(23)10-8-16)21-12-11-17-6-5-13-22(17)19(24)25-20(2,3)4/h7-10,15,17,21,23H,5-6,11-14H2,1-4H3. The van der Waals surface area contributed by atoms with Crippen LogP contribution in [0.2, 0.25) is 0 Å². The summed E-state index contributed by atoms with van der Waals surface area (Å²) in [6.07, 6.45) is 3.77. The molecule has 0 aliphatic carbocycles. The molecule has 2 unspecified atom stereocenters. The van der Waals surface area contributed by atoms with Gasteiger partial charge in [-0.2, -0.15) is 0 Å². The van der Waals surface area contributed by atoms with Gasteiger partial charge in [-0.05, 0) is 77.6 Å². The van der Waals surface area contributed by atoms with Gasteiger partial charge in [-0.1, -0.05) is 12.1 Å². The third kappa shape index (κ3) is 6.58. The minimum Gasteiger partial charge on any atom is -0.508 e. The van der Waals surface area contributed by atoms with Crippen LogP contribution in [0.3, 0.4) is 0 Å². The molecule has 1 aliphatic heterocycles. The average molecular weight is 348 g/mol. The first-order valence-corrected chi connectivity index (χ1v) is 9.25. The van der Waals surface area contributed by atoms with Crippen molar-refractivity contribution in [2.75, 3.05) is 13.1 Å². The SMILES string of the molecule is CC(Cc1ccc(O)cc1)NCCC1CCCN1C(=O)OC(C)(C)C. The highest BCUT2D eigenvalue weighted by atomic mass is 16.6. The van der Waals surface area contributed by atoms with E-state index in [1.54, 1.807) is 12.1 Å². The van der Waals surface area contributed by atoms with Gasteiger partial charge in [0.05, 0.1) is 0 Å². The van der Waals surface area contributed by atoms with E-state index in [0.717, 1.165) is 38.8 Å². The highest BCUT2D eigenvalue weighted by Gasteiger charge is 2.31. The molecule has 1 aromatic carbocycles. The van der Waals surface area contributed by atoms with E-state index in [9.17, 15) is 9.90 Å². The molecule has 1 aromatic rings. The second-order valence-corrected chi connectivity index (χ2v) is 7.98. The number of nitrogens with zero attached hydrogens (tertiary/aromatic N) is 1. The van der Waals surface area contributed by atoms with Crippen molar-refractivity contribution >= 4 is 6.09 Å². The smallest absolute Gasteiger partial charge is 0.410 e. The summed E-state index contributed by atoms with van der Waals surface area (Å²) in [5, 5.41) is 12.9. The monoisotopic (exact) mass is 348 g/mol. The fraction of sp³-hybridized carbons (Fsp3) is 0.650. The third-order valence-corrected chi connectivity index (χ3v) is 4.45. The van der Waals surface area contributed by atoms with Crippen LogP contribution in [0.15, 0.2) is 24.3 Å². The van der Waals surface area contributed by atoms with Gasteiger partial charge in [0, 0.05) is 18.6 Å². The normalized spacial score (nSPS) is 19.0. The molecule has 5 nitrogen and oxygen atoms in total. The molecule has 0 bridgehead atoms. The van der Waals surface area contributed by atoms with Crippen LogP contribution in [-0.4, -0.2) is 46.9 Å².